The van der Waals surface area contributed by atoms with Crippen LogP contribution >= 0.6 is 0 Å². The molecule has 0 atom stereocenters. The van der Waals surface area contributed by atoms with Gasteiger partial charge in [0.25, 0.3) is 0 Å². The molecule has 1 amide bonds. The van der Waals surface area contributed by atoms with Crippen LogP contribution in [0.2, 0.25) is 0 Å². The van der Waals surface area contributed by atoms with Crippen LogP contribution in [-0.2, 0) is 20.9 Å². The molecule has 0 saturated heterocycles. The lowest BCUT2D eigenvalue weighted by Crippen LogP contribution is -2.36. The summed E-state index contributed by atoms with van der Waals surface area (Å²) in [6.45, 7) is -0.00294. The average Bonchev–Trinajstić information content (AvgIpc) is 2.77. The second-order valence-electron chi connectivity index (χ2n) is 6.63. The highest BCUT2D eigenvalue weighted by Crippen LogP contribution is 2.28. The highest BCUT2D eigenvalue weighted by Gasteiger charge is 2.31. The van der Waals surface area contributed by atoms with Gasteiger partial charge in [-0.25, -0.2) is 9.18 Å². The van der Waals surface area contributed by atoms with Gasteiger partial charge in [-0.3, -0.25) is 9.69 Å². The molecular weight excluding hydrogens is 430 g/mol. The van der Waals surface area contributed by atoms with Crippen molar-refractivity contribution < 1.29 is 36.6 Å². The summed E-state index contributed by atoms with van der Waals surface area (Å²) in [6, 6.07) is 17.2. The molecule has 0 saturated carbocycles. The molecule has 0 fully saturated rings. The maximum absolute atomic E-state index is 13.2. The molecule has 0 N–H and O–H groups in total. The van der Waals surface area contributed by atoms with Crippen LogP contribution in [0.1, 0.15) is 5.56 Å². The molecule has 3 aromatic carbocycles. The first-order valence-electron chi connectivity index (χ1n) is 9.27. The van der Waals surface area contributed by atoms with E-state index >= 15 is 0 Å². The van der Waals surface area contributed by atoms with E-state index in [4.69, 9.17) is 0 Å². The Bertz CT molecular complexity index is 1080. The van der Waals surface area contributed by atoms with E-state index in [1.165, 1.54) is 53.4 Å². The Kier molecular flexibility index (Phi) is 6.77. The van der Waals surface area contributed by atoms with Crippen molar-refractivity contribution in [1.82, 2.24) is 0 Å². The normalized spacial score (nSPS) is 11.0. The van der Waals surface area contributed by atoms with E-state index in [0.29, 0.717) is 22.4 Å². The fourth-order valence-corrected chi connectivity index (χ4v) is 2.93. The molecule has 0 radical (unpaired) electrons. The van der Waals surface area contributed by atoms with Crippen LogP contribution in [0.3, 0.4) is 0 Å². The second-order valence-corrected chi connectivity index (χ2v) is 6.63. The van der Waals surface area contributed by atoms with Crippen molar-refractivity contribution in [1.29, 1.82) is 0 Å². The van der Waals surface area contributed by atoms with E-state index in [-0.39, 0.29) is 12.3 Å². The molecule has 0 aliphatic rings. The zero-order valence-electron chi connectivity index (χ0n) is 16.7. The number of esters is 1. The third-order valence-electron chi connectivity index (χ3n) is 4.46. The van der Waals surface area contributed by atoms with Gasteiger partial charge in [-0.1, -0.05) is 36.4 Å². The number of carbonyl (C=O) groups is 2. The minimum Gasteiger partial charge on any atom is -0.462 e. The molecule has 0 unspecified atom stereocenters. The fourth-order valence-electron chi connectivity index (χ4n) is 2.93. The highest BCUT2D eigenvalue weighted by atomic mass is 19.4. The molecule has 0 aliphatic carbocycles. The Balaban J connectivity index is 1.84. The van der Waals surface area contributed by atoms with Gasteiger partial charge in [0.1, 0.15) is 11.6 Å². The lowest BCUT2D eigenvalue weighted by Gasteiger charge is -2.22. The first kappa shape index (κ1) is 22.8. The van der Waals surface area contributed by atoms with E-state index in [1.54, 1.807) is 24.3 Å². The quantitative estimate of drug-likeness (QED) is 0.310. The van der Waals surface area contributed by atoms with Gasteiger partial charge < -0.3 is 9.47 Å². The third kappa shape index (κ3) is 5.84. The van der Waals surface area contributed by atoms with Gasteiger partial charge in [0.15, 0.2) is 0 Å². The summed E-state index contributed by atoms with van der Waals surface area (Å²) in [5.74, 6) is -2.74. The predicted octanol–water partition coefficient (Wildman–Crippen LogP) is 5.10. The largest absolute Gasteiger partial charge is 0.573 e. The molecule has 3 aromatic rings. The number of halogens is 4. The summed E-state index contributed by atoms with van der Waals surface area (Å²) in [6.07, 6.45) is -4.77. The lowest BCUT2D eigenvalue weighted by molar-refractivity contribution is -0.274. The van der Waals surface area contributed by atoms with Crippen molar-refractivity contribution in [2.24, 2.45) is 0 Å². The van der Waals surface area contributed by atoms with Gasteiger partial charge >= 0.3 is 18.2 Å². The van der Waals surface area contributed by atoms with Crippen LogP contribution in [0.25, 0.3) is 11.1 Å². The minimum absolute atomic E-state index is 0.00294. The number of rotatable bonds is 5. The Morgan fingerprint density at radius 1 is 0.844 bits per heavy atom. The number of methoxy groups -OCH3 is 1. The summed E-state index contributed by atoms with van der Waals surface area (Å²) >= 11 is 0. The van der Waals surface area contributed by atoms with Crippen LogP contribution in [0.15, 0.2) is 72.8 Å². The molecule has 0 bridgehead atoms. The Hall–Kier alpha value is -3.88. The highest BCUT2D eigenvalue weighted by molar-refractivity contribution is 6.38. The van der Waals surface area contributed by atoms with Crippen molar-refractivity contribution in [3.8, 4) is 16.9 Å². The van der Waals surface area contributed by atoms with Crippen LogP contribution in [0.5, 0.6) is 5.75 Å². The number of nitrogens with zero attached hydrogens (tertiary/aromatic N) is 1. The summed E-state index contributed by atoms with van der Waals surface area (Å²) in [5, 5.41) is 0. The molecule has 3 rings (SSSR count). The fraction of sp³-hybridized carbons (Fsp3) is 0.130. The maximum Gasteiger partial charge on any atom is 0.573 e. The number of benzene rings is 3. The monoisotopic (exact) mass is 447 g/mol. The lowest BCUT2D eigenvalue weighted by atomic mass is 10.0. The first-order chi connectivity index (χ1) is 15.2. The molecule has 166 valence electrons. The van der Waals surface area contributed by atoms with Gasteiger partial charge in [0.05, 0.1) is 13.7 Å². The molecule has 32 heavy (non-hydrogen) atoms. The number of hydrogen-bond acceptors (Lipinski definition) is 4. The second kappa shape index (κ2) is 9.51. The molecule has 0 aromatic heterocycles. The predicted molar refractivity (Wildman–Crippen MR) is 108 cm³/mol. The smallest absolute Gasteiger partial charge is 0.462 e. The number of hydrogen-bond donors (Lipinski definition) is 0. The van der Waals surface area contributed by atoms with E-state index in [0.717, 1.165) is 7.11 Å². The summed E-state index contributed by atoms with van der Waals surface area (Å²) < 4.78 is 58.5. The standard InChI is InChI=1S/C23H17F4NO4/c1-31-22(30)21(29)28(14-15-2-8-18(24)9-3-15)19-10-4-16(5-11-19)17-6-12-20(13-7-17)32-23(25,26)27/h2-13H,14H2,1H3. The Labute approximate surface area is 180 Å². The van der Waals surface area contributed by atoms with Crippen molar-refractivity contribution in [2.45, 2.75) is 12.9 Å². The van der Waals surface area contributed by atoms with Crippen LogP contribution in [0.4, 0.5) is 23.2 Å². The molecule has 0 spiro atoms. The SMILES string of the molecule is COC(=O)C(=O)N(Cc1ccc(F)cc1)c1ccc(-c2ccc(OC(F)(F)F)cc2)cc1. The van der Waals surface area contributed by atoms with Gasteiger partial charge in [0, 0.05) is 5.69 Å². The average molecular weight is 447 g/mol. The molecule has 0 aliphatic heterocycles. The van der Waals surface area contributed by atoms with Crippen molar-refractivity contribution in [2.75, 3.05) is 12.0 Å². The number of alkyl halides is 3. The van der Waals surface area contributed by atoms with E-state index < -0.39 is 24.1 Å². The topological polar surface area (TPSA) is 55.8 Å². The Morgan fingerprint density at radius 2 is 1.38 bits per heavy atom. The van der Waals surface area contributed by atoms with Gasteiger partial charge in [-0.2, -0.15) is 0 Å². The van der Waals surface area contributed by atoms with Crippen molar-refractivity contribution >= 4 is 17.6 Å². The van der Waals surface area contributed by atoms with Gasteiger partial charge in [-0.05, 0) is 53.1 Å². The maximum atomic E-state index is 13.2. The zero-order chi connectivity index (χ0) is 23.3. The zero-order valence-corrected chi connectivity index (χ0v) is 16.7. The van der Waals surface area contributed by atoms with Crippen molar-refractivity contribution in [3.63, 3.8) is 0 Å². The molecular formula is C23H17F4NO4. The number of anilines is 1. The van der Waals surface area contributed by atoms with Crippen LogP contribution in [-0.4, -0.2) is 25.3 Å². The number of carbonyl (C=O) groups excluding carboxylic acids is 2. The van der Waals surface area contributed by atoms with Crippen LogP contribution in [0, 0.1) is 5.82 Å². The molecule has 5 nitrogen and oxygen atoms in total. The van der Waals surface area contributed by atoms with E-state index in [1.807, 2.05) is 0 Å². The molecule has 9 heteroatoms. The van der Waals surface area contributed by atoms with E-state index in [9.17, 15) is 27.2 Å². The first-order valence-corrected chi connectivity index (χ1v) is 9.27. The summed E-state index contributed by atoms with van der Waals surface area (Å²) in [4.78, 5) is 25.5. The van der Waals surface area contributed by atoms with E-state index in [2.05, 4.69) is 9.47 Å². The van der Waals surface area contributed by atoms with Gasteiger partial charge in [0.2, 0.25) is 0 Å². The number of ether oxygens (including phenoxy) is 2. The molecule has 0 heterocycles. The third-order valence-corrected chi connectivity index (χ3v) is 4.46. The number of amides is 1. The Morgan fingerprint density at radius 3 is 1.88 bits per heavy atom. The van der Waals surface area contributed by atoms with Gasteiger partial charge in [-0.15, -0.1) is 13.2 Å². The minimum atomic E-state index is -4.77. The van der Waals surface area contributed by atoms with Crippen molar-refractivity contribution in [3.05, 3.63) is 84.2 Å². The van der Waals surface area contributed by atoms with Crippen LogP contribution < -0.4 is 9.64 Å². The summed E-state index contributed by atoms with van der Waals surface area (Å²) in [5.41, 5.74) is 2.26. The summed E-state index contributed by atoms with van der Waals surface area (Å²) in [7, 11) is 1.09.